The molecule has 1 amide bonds. The average molecular weight is 368 g/mol. The van der Waals surface area contributed by atoms with Crippen LogP contribution in [0.3, 0.4) is 0 Å². The van der Waals surface area contributed by atoms with Crippen LogP contribution in [-0.4, -0.2) is 53.4 Å². The van der Waals surface area contributed by atoms with Crippen molar-refractivity contribution >= 4 is 22.4 Å². The number of nitrogens with zero attached hydrogens (tertiary/aromatic N) is 3. The highest BCUT2D eigenvalue weighted by Gasteiger charge is 2.13. The number of halogens is 1. The number of hydrogen-bond acceptors (Lipinski definition) is 4. The van der Waals surface area contributed by atoms with Crippen LogP contribution in [-0.2, 0) is 11.3 Å². The molecule has 2 heterocycles. The van der Waals surface area contributed by atoms with Crippen molar-refractivity contribution in [1.82, 2.24) is 14.7 Å². The fraction of sp³-hybridized carbons (Fsp3) is 0.300. The van der Waals surface area contributed by atoms with Crippen LogP contribution in [0.15, 0.2) is 48.8 Å². The fourth-order valence-corrected chi connectivity index (χ4v) is 3.23. The molecule has 1 saturated heterocycles. The zero-order chi connectivity index (χ0) is 18.6. The highest BCUT2D eigenvalue weighted by molar-refractivity contribution is 6.08. The van der Waals surface area contributed by atoms with E-state index >= 15 is 0 Å². The Morgan fingerprint density at radius 3 is 2.89 bits per heavy atom. The molecule has 0 radical (unpaired) electrons. The molecule has 0 atom stereocenters. The van der Waals surface area contributed by atoms with Crippen molar-refractivity contribution < 1.29 is 13.9 Å². The van der Waals surface area contributed by atoms with E-state index < -0.39 is 0 Å². The zero-order valence-corrected chi connectivity index (χ0v) is 14.9. The standard InChI is InChI=1S/C20H21FN4O2/c21-17-4-5-18-15(12-17)2-1-3-19(18)23-20(26)16-13-22-25(14-16)7-6-24-8-10-27-11-9-24/h1-5,12-14H,6-11H2,(H,23,26). The largest absolute Gasteiger partial charge is 0.379 e. The third kappa shape index (κ3) is 4.15. The van der Waals surface area contributed by atoms with Crippen molar-refractivity contribution in [2.24, 2.45) is 0 Å². The van der Waals surface area contributed by atoms with E-state index in [0.29, 0.717) is 11.3 Å². The number of anilines is 1. The van der Waals surface area contributed by atoms with Gasteiger partial charge in [0.1, 0.15) is 5.82 Å². The number of nitrogens with one attached hydrogen (secondary N) is 1. The van der Waals surface area contributed by atoms with Crippen molar-refractivity contribution in [2.45, 2.75) is 6.54 Å². The van der Waals surface area contributed by atoms with Gasteiger partial charge in [-0.3, -0.25) is 14.4 Å². The summed E-state index contributed by atoms with van der Waals surface area (Å²) in [5.74, 6) is -0.531. The molecule has 6 nitrogen and oxygen atoms in total. The lowest BCUT2D eigenvalue weighted by Crippen LogP contribution is -2.38. The maximum Gasteiger partial charge on any atom is 0.258 e. The van der Waals surface area contributed by atoms with Crippen molar-refractivity contribution in [1.29, 1.82) is 0 Å². The average Bonchev–Trinajstić information content (AvgIpc) is 3.16. The van der Waals surface area contributed by atoms with Crippen LogP contribution in [0, 0.1) is 5.82 Å². The Kier molecular flexibility index (Phi) is 5.13. The van der Waals surface area contributed by atoms with Crippen LogP contribution < -0.4 is 5.32 Å². The van der Waals surface area contributed by atoms with Gasteiger partial charge in [-0.05, 0) is 29.7 Å². The van der Waals surface area contributed by atoms with Crippen LogP contribution in [0.1, 0.15) is 10.4 Å². The molecule has 0 aliphatic carbocycles. The van der Waals surface area contributed by atoms with Gasteiger partial charge >= 0.3 is 0 Å². The summed E-state index contributed by atoms with van der Waals surface area (Å²) in [6, 6.07) is 9.93. The highest BCUT2D eigenvalue weighted by Crippen LogP contribution is 2.24. The SMILES string of the molecule is O=C(Nc1cccc2cc(F)ccc12)c1cnn(CCN2CCOCC2)c1. The molecule has 1 fully saturated rings. The van der Waals surface area contributed by atoms with E-state index in [9.17, 15) is 9.18 Å². The molecule has 1 aromatic heterocycles. The summed E-state index contributed by atoms with van der Waals surface area (Å²) < 4.78 is 20.5. The first-order valence-corrected chi connectivity index (χ1v) is 9.01. The second kappa shape index (κ2) is 7.85. The molecule has 1 aliphatic rings. The minimum absolute atomic E-state index is 0.232. The molecule has 27 heavy (non-hydrogen) atoms. The molecule has 0 bridgehead atoms. The Hall–Kier alpha value is -2.77. The summed E-state index contributed by atoms with van der Waals surface area (Å²) in [5.41, 5.74) is 1.15. The van der Waals surface area contributed by atoms with E-state index in [2.05, 4.69) is 15.3 Å². The summed E-state index contributed by atoms with van der Waals surface area (Å²) in [6.07, 6.45) is 3.32. The Labute approximate surface area is 156 Å². The predicted molar refractivity (Wildman–Crippen MR) is 101 cm³/mol. The van der Waals surface area contributed by atoms with Crippen LogP contribution in [0.5, 0.6) is 0 Å². The minimum Gasteiger partial charge on any atom is -0.379 e. The minimum atomic E-state index is -0.299. The number of carbonyl (C=O) groups excluding carboxylic acids is 1. The number of fused-ring (bicyclic) bond motifs is 1. The smallest absolute Gasteiger partial charge is 0.258 e. The number of ether oxygens (including phenoxy) is 1. The zero-order valence-electron chi connectivity index (χ0n) is 14.9. The first kappa shape index (κ1) is 17.6. The van der Waals surface area contributed by atoms with Gasteiger partial charge in [0.05, 0.1) is 31.5 Å². The lowest BCUT2D eigenvalue weighted by atomic mass is 10.1. The van der Waals surface area contributed by atoms with Gasteiger partial charge in [0.25, 0.3) is 5.91 Å². The first-order chi connectivity index (χ1) is 13.2. The van der Waals surface area contributed by atoms with Gasteiger partial charge in [0.15, 0.2) is 0 Å². The second-order valence-corrected chi connectivity index (χ2v) is 6.57. The number of morpholine rings is 1. The van der Waals surface area contributed by atoms with Crippen LogP contribution >= 0.6 is 0 Å². The van der Waals surface area contributed by atoms with Crippen LogP contribution in [0.25, 0.3) is 10.8 Å². The molecule has 1 aliphatic heterocycles. The second-order valence-electron chi connectivity index (χ2n) is 6.57. The van der Waals surface area contributed by atoms with E-state index in [4.69, 9.17) is 4.74 Å². The fourth-order valence-electron chi connectivity index (χ4n) is 3.23. The maximum atomic E-state index is 13.4. The monoisotopic (exact) mass is 368 g/mol. The van der Waals surface area contributed by atoms with Crippen LogP contribution in [0.2, 0.25) is 0 Å². The van der Waals surface area contributed by atoms with Crippen molar-refractivity contribution in [3.8, 4) is 0 Å². The molecular weight excluding hydrogens is 347 g/mol. The van der Waals surface area contributed by atoms with E-state index in [1.165, 1.54) is 12.1 Å². The number of benzene rings is 2. The van der Waals surface area contributed by atoms with Gasteiger partial charge in [-0.25, -0.2) is 4.39 Å². The Morgan fingerprint density at radius 2 is 2.04 bits per heavy atom. The quantitative estimate of drug-likeness (QED) is 0.752. The van der Waals surface area contributed by atoms with Crippen molar-refractivity contribution in [3.63, 3.8) is 0 Å². The third-order valence-electron chi connectivity index (χ3n) is 4.74. The molecule has 1 N–H and O–H groups in total. The summed E-state index contributed by atoms with van der Waals surface area (Å²) >= 11 is 0. The van der Waals surface area contributed by atoms with Gasteiger partial charge in [-0.2, -0.15) is 5.10 Å². The molecule has 0 unspecified atom stereocenters. The van der Waals surface area contributed by atoms with E-state index in [0.717, 1.165) is 50.2 Å². The third-order valence-corrected chi connectivity index (χ3v) is 4.74. The normalized spacial score (nSPS) is 15.1. The molecular formula is C20H21FN4O2. The van der Waals surface area contributed by atoms with E-state index in [1.807, 2.05) is 6.07 Å². The van der Waals surface area contributed by atoms with Crippen LogP contribution in [0.4, 0.5) is 10.1 Å². The number of carbonyl (C=O) groups is 1. The van der Waals surface area contributed by atoms with Crippen molar-refractivity contribution in [2.75, 3.05) is 38.2 Å². The number of rotatable bonds is 5. The number of amides is 1. The Morgan fingerprint density at radius 1 is 1.19 bits per heavy atom. The summed E-state index contributed by atoms with van der Waals surface area (Å²) in [6.45, 7) is 4.98. The number of hydrogen-bond donors (Lipinski definition) is 1. The van der Waals surface area contributed by atoms with Gasteiger partial charge in [-0.1, -0.05) is 12.1 Å². The lowest BCUT2D eigenvalue weighted by molar-refractivity contribution is 0.0360. The molecule has 0 spiro atoms. The first-order valence-electron chi connectivity index (χ1n) is 9.01. The lowest BCUT2D eigenvalue weighted by Gasteiger charge is -2.26. The Balaban J connectivity index is 1.42. The topological polar surface area (TPSA) is 59.4 Å². The maximum absolute atomic E-state index is 13.4. The predicted octanol–water partition coefficient (Wildman–Crippen LogP) is 2.76. The van der Waals surface area contributed by atoms with Gasteiger partial charge in [-0.15, -0.1) is 0 Å². The number of aromatic nitrogens is 2. The highest BCUT2D eigenvalue weighted by atomic mass is 19.1. The molecule has 7 heteroatoms. The molecule has 140 valence electrons. The molecule has 2 aromatic carbocycles. The van der Waals surface area contributed by atoms with Gasteiger partial charge in [0.2, 0.25) is 0 Å². The van der Waals surface area contributed by atoms with E-state index in [1.54, 1.807) is 35.3 Å². The molecule has 3 aromatic rings. The summed E-state index contributed by atoms with van der Waals surface area (Å²) in [7, 11) is 0. The summed E-state index contributed by atoms with van der Waals surface area (Å²) in [4.78, 5) is 14.9. The van der Waals surface area contributed by atoms with Gasteiger partial charge < -0.3 is 10.1 Å². The Bertz CT molecular complexity index is 950. The van der Waals surface area contributed by atoms with Gasteiger partial charge in [0, 0.05) is 36.9 Å². The summed E-state index contributed by atoms with van der Waals surface area (Å²) in [5, 5.41) is 8.73. The molecule has 0 saturated carbocycles. The van der Waals surface area contributed by atoms with Crippen molar-refractivity contribution in [3.05, 3.63) is 60.2 Å². The molecule has 4 rings (SSSR count). The van der Waals surface area contributed by atoms with E-state index in [-0.39, 0.29) is 11.7 Å².